The Hall–Kier alpha value is -1.85. The van der Waals surface area contributed by atoms with Crippen molar-refractivity contribution in [2.45, 2.75) is 32.1 Å². The number of carbonyl (C=O) groups is 1. The quantitative estimate of drug-likeness (QED) is 0.679. The van der Waals surface area contributed by atoms with Crippen LogP contribution in [0.3, 0.4) is 0 Å². The molecule has 2 aromatic rings. The molecule has 5 nitrogen and oxygen atoms in total. The largest absolute Gasteiger partial charge is 0.345 e. The minimum Gasteiger partial charge on any atom is -0.345 e. The molecule has 2 heterocycles. The first kappa shape index (κ1) is 20.9. The fourth-order valence-corrected chi connectivity index (χ4v) is 4.13. The van der Waals surface area contributed by atoms with Crippen LogP contribution in [0.1, 0.15) is 30.5 Å². The van der Waals surface area contributed by atoms with Gasteiger partial charge in [-0.15, -0.1) is 0 Å². The van der Waals surface area contributed by atoms with E-state index in [9.17, 15) is 4.79 Å². The Balaban J connectivity index is 1.41. The summed E-state index contributed by atoms with van der Waals surface area (Å²) in [6.07, 6.45) is 6.53. The minimum atomic E-state index is 0.222. The maximum absolute atomic E-state index is 12.5. The molecule has 6 heteroatoms. The average Bonchev–Trinajstić information content (AvgIpc) is 3.10. The molecule has 1 aliphatic heterocycles. The third-order valence-electron chi connectivity index (χ3n) is 5.71. The van der Waals surface area contributed by atoms with Crippen LogP contribution in [0.25, 0.3) is 0 Å². The maximum Gasteiger partial charge on any atom is 0.222 e. The first-order chi connectivity index (χ1) is 13.5. The van der Waals surface area contributed by atoms with Gasteiger partial charge in [-0.05, 0) is 61.9 Å². The number of amides is 1. The molecule has 0 spiro atoms. The van der Waals surface area contributed by atoms with Gasteiger partial charge in [-0.25, -0.2) is 0 Å². The summed E-state index contributed by atoms with van der Waals surface area (Å²) < 4.78 is 1.84. The van der Waals surface area contributed by atoms with Gasteiger partial charge in [-0.3, -0.25) is 9.48 Å². The van der Waals surface area contributed by atoms with Crippen LogP contribution in [0.15, 0.2) is 36.5 Å². The molecular formula is C22H31ClN4O. The van der Waals surface area contributed by atoms with E-state index >= 15 is 0 Å². The standard InChI is InChI=1S/C22H31ClN4O/c1-25(22(28)10-9-21-11-13-24-26(21)2)16-19-4-3-14-27(17-19)15-12-18-5-7-20(23)8-6-18/h5-8,11,13,19H,3-4,9-10,12,14-17H2,1-2H3/t19-/m0/s1. The number of aryl methyl sites for hydroxylation is 2. The lowest BCUT2D eigenvalue weighted by molar-refractivity contribution is -0.130. The number of likely N-dealkylation sites (tertiary alicyclic amines) is 1. The van der Waals surface area contributed by atoms with Crippen molar-refractivity contribution >= 4 is 17.5 Å². The molecule has 152 valence electrons. The molecule has 0 bridgehead atoms. The van der Waals surface area contributed by atoms with Crippen molar-refractivity contribution in [3.8, 4) is 0 Å². The van der Waals surface area contributed by atoms with Crippen molar-refractivity contribution in [3.63, 3.8) is 0 Å². The van der Waals surface area contributed by atoms with E-state index in [1.165, 1.54) is 18.4 Å². The molecule has 1 atom stereocenters. The second-order valence-electron chi connectivity index (χ2n) is 7.91. The summed E-state index contributed by atoms with van der Waals surface area (Å²) in [4.78, 5) is 17.0. The van der Waals surface area contributed by atoms with Gasteiger partial charge in [0, 0.05) is 57.1 Å². The second-order valence-corrected chi connectivity index (χ2v) is 8.34. The lowest BCUT2D eigenvalue weighted by atomic mass is 9.97. The molecule has 0 saturated carbocycles. The first-order valence-corrected chi connectivity index (χ1v) is 10.6. The molecule has 28 heavy (non-hydrogen) atoms. The molecule has 1 aromatic carbocycles. The van der Waals surface area contributed by atoms with Gasteiger partial charge in [-0.1, -0.05) is 23.7 Å². The molecular weight excluding hydrogens is 372 g/mol. The number of benzene rings is 1. The van der Waals surface area contributed by atoms with Crippen LogP contribution in [0.5, 0.6) is 0 Å². The Morgan fingerprint density at radius 2 is 2.04 bits per heavy atom. The highest BCUT2D eigenvalue weighted by molar-refractivity contribution is 6.30. The molecule has 0 N–H and O–H groups in total. The second kappa shape index (κ2) is 10.1. The monoisotopic (exact) mass is 402 g/mol. The van der Waals surface area contributed by atoms with Crippen molar-refractivity contribution in [2.75, 3.05) is 33.2 Å². The van der Waals surface area contributed by atoms with E-state index in [-0.39, 0.29) is 5.91 Å². The number of carbonyl (C=O) groups excluding carboxylic acids is 1. The van der Waals surface area contributed by atoms with Gasteiger partial charge in [-0.2, -0.15) is 5.10 Å². The summed E-state index contributed by atoms with van der Waals surface area (Å²) >= 11 is 5.97. The number of hydrogen-bond acceptors (Lipinski definition) is 3. The number of piperidine rings is 1. The van der Waals surface area contributed by atoms with Gasteiger partial charge in [0.15, 0.2) is 0 Å². The number of hydrogen-bond donors (Lipinski definition) is 0. The van der Waals surface area contributed by atoms with E-state index in [2.05, 4.69) is 22.1 Å². The SMILES string of the molecule is CN(C[C@@H]1CCCN(CCc2ccc(Cl)cc2)C1)C(=O)CCc1ccnn1C. The summed E-state index contributed by atoms with van der Waals surface area (Å²) in [5.74, 6) is 0.782. The van der Waals surface area contributed by atoms with Crippen molar-refractivity contribution in [2.24, 2.45) is 13.0 Å². The highest BCUT2D eigenvalue weighted by atomic mass is 35.5. The normalized spacial score (nSPS) is 17.6. The van der Waals surface area contributed by atoms with E-state index in [1.807, 2.05) is 41.9 Å². The zero-order valence-electron chi connectivity index (χ0n) is 17.0. The van der Waals surface area contributed by atoms with Crippen LogP contribution in [0.4, 0.5) is 0 Å². The van der Waals surface area contributed by atoms with E-state index in [4.69, 9.17) is 11.6 Å². The summed E-state index contributed by atoms with van der Waals surface area (Å²) in [6.45, 7) is 4.15. The van der Waals surface area contributed by atoms with E-state index in [1.54, 1.807) is 6.20 Å². The first-order valence-electron chi connectivity index (χ1n) is 10.2. The zero-order chi connectivity index (χ0) is 19.9. The Bertz CT molecular complexity index is 758. The van der Waals surface area contributed by atoms with Crippen LogP contribution in [-0.2, 0) is 24.7 Å². The van der Waals surface area contributed by atoms with Crippen LogP contribution in [0.2, 0.25) is 5.02 Å². The number of rotatable bonds is 8. The predicted octanol–water partition coefficient (Wildman–Crippen LogP) is 3.42. The third-order valence-corrected chi connectivity index (χ3v) is 5.96. The molecule has 0 aliphatic carbocycles. The number of nitrogens with zero attached hydrogens (tertiary/aromatic N) is 4. The Labute approximate surface area is 173 Å². The molecule has 1 fully saturated rings. The van der Waals surface area contributed by atoms with Gasteiger partial charge in [0.2, 0.25) is 5.91 Å². The Kier molecular flexibility index (Phi) is 7.51. The summed E-state index contributed by atoms with van der Waals surface area (Å²) in [7, 11) is 3.86. The van der Waals surface area contributed by atoms with E-state index in [0.717, 1.165) is 49.7 Å². The van der Waals surface area contributed by atoms with Crippen LogP contribution >= 0.6 is 11.6 Å². The highest BCUT2D eigenvalue weighted by Crippen LogP contribution is 2.19. The Morgan fingerprint density at radius 1 is 1.25 bits per heavy atom. The molecule has 1 aromatic heterocycles. The molecule has 1 saturated heterocycles. The van der Waals surface area contributed by atoms with Crippen LogP contribution < -0.4 is 0 Å². The number of aromatic nitrogens is 2. The molecule has 3 rings (SSSR count). The van der Waals surface area contributed by atoms with Crippen molar-refractivity contribution in [1.82, 2.24) is 19.6 Å². The van der Waals surface area contributed by atoms with Crippen LogP contribution in [-0.4, -0.2) is 58.7 Å². The van der Waals surface area contributed by atoms with E-state index in [0.29, 0.717) is 12.3 Å². The topological polar surface area (TPSA) is 41.4 Å². The average molecular weight is 403 g/mol. The zero-order valence-corrected chi connectivity index (χ0v) is 17.7. The summed E-state index contributed by atoms with van der Waals surface area (Å²) in [5, 5.41) is 4.95. The predicted molar refractivity (Wildman–Crippen MR) is 113 cm³/mol. The van der Waals surface area contributed by atoms with Gasteiger partial charge in [0.05, 0.1) is 0 Å². The maximum atomic E-state index is 12.5. The van der Waals surface area contributed by atoms with E-state index < -0.39 is 0 Å². The van der Waals surface area contributed by atoms with Crippen molar-refractivity contribution in [1.29, 1.82) is 0 Å². The lowest BCUT2D eigenvalue weighted by Gasteiger charge is -2.34. The molecule has 1 amide bonds. The van der Waals surface area contributed by atoms with Crippen molar-refractivity contribution in [3.05, 3.63) is 52.8 Å². The third kappa shape index (κ3) is 6.08. The lowest BCUT2D eigenvalue weighted by Crippen LogP contribution is -2.42. The van der Waals surface area contributed by atoms with Gasteiger partial charge in [0.25, 0.3) is 0 Å². The summed E-state index contributed by atoms with van der Waals surface area (Å²) in [5.41, 5.74) is 2.43. The van der Waals surface area contributed by atoms with Gasteiger partial charge >= 0.3 is 0 Å². The van der Waals surface area contributed by atoms with Gasteiger partial charge in [0.1, 0.15) is 0 Å². The molecule has 1 aliphatic rings. The fourth-order valence-electron chi connectivity index (χ4n) is 4.00. The Morgan fingerprint density at radius 3 is 2.75 bits per heavy atom. The molecule has 0 unspecified atom stereocenters. The van der Waals surface area contributed by atoms with Gasteiger partial charge < -0.3 is 9.80 Å². The fraction of sp³-hybridized carbons (Fsp3) is 0.545. The smallest absolute Gasteiger partial charge is 0.222 e. The highest BCUT2D eigenvalue weighted by Gasteiger charge is 2.22. The summed E-state index contributed by atoms with van der Waals surface area (Å²) in [6, 6.07) is 10.1. The minimum absolute atomic E-state index is 0.222. The molecule has 0 radical (unpaired) electrons. The van der Waals surface area contributed by atoms with Crippen molar-refractivity contribution < 1.29 is 4.79 Å². The number of halogens is 1. The van der Waals surface area contributed by atoms with Crippen LogP contribution in [0, 0.1) is 5.92 Å².